The summed E-state index contributed by atoms with van der Waals surface area (Å²) in [4.78, 5) is 25.6. The van der Waals surface area contributed by atoms with Gasteiger partial charge in [-0.25, -0.2) is 4.79 Å². The fourth-order valence-corrected chi connectivity index (χ4v) is 2.93. The number of ketones is 1. The zero-order valence-electron chi connectivity index (χ0n) is 16.4. The molecule has 0 aliphatic heterocycles. The topological polar surface area (TPSA) is 52.6 Å². The number of para-hydroxylation sites is 1. The summed E-state index contributed by atoms with van der Waals surface area (Å²) in [6, 6.07) is 25.4. The third kappa shape index (κ3) is 4.99. The second kappa shape index (κ2) is 9.51. The van der Waals surface area contributed by atoms with Gasteiger partial charge in [0.25, 0.3) is 0 Å². The van der Waals surface area contributed by atoms with E-state index in [0.717, 1.165) is 5.56 Å². The van der Waals surface area contributed by atoms with Crippen molar-refractivity contribution in [3.05, 3.63) is 102 Å². The van der Waals surface area contributed by atoms with Crippen LogP contribution < -0.4 is 4.74 Å². The van der Waals surface area contributed by atoms with Crippen LogP contribution >= 0.6 is 0 Å². The molecule has 0 amide bonds. The Bertz CT molecular complexity index is 1010. The molecule has 0 bridgehead atoms. The fraction of sp³-hybridized carbons (Fsp3) is 0.120. The van der Waals surface area contributed by atoms with Crippen LogP contribution in [0, 0.1) is 0 Å². The first-order chi connectivity index (χ1) is 14.1. The Labute approximate surface area is 170 Å². The predicted molar refractivity (Wildman–Crippen MR) is 114 cm³/mol. The molecule has 0 aromatic heterocycles. The van der Waals surface area contributed by atoms with Crippen LogP contribution in [-0.4, -0.2) is 25.0 Å². The Morgan fingerprint density at radius 1 is 0.793 bits per heavy atom. The Kier molecular flexibility index (Phi) is 6.59. The number of rotatable bonds is 7. The lowest BCUT2D eigenvalue weighted by molar-refractivity contribution is -0.139. The molecule has 0 radical (unpaired) electrons. The van der Waals surface area contributed by atoms with E-state index in [-0.39, 0.29) is 5.78 Å². The zero-order chi connectivity index (χ0) is 20.6. The highest BCUT2D eigenvalue weighted by Crippen LogP contribution is 2.26. The van der Waals surface area contributed by atoms with Gasteiger partial charge in [-0.2, -0.15) is 0 Å². The van der Waals surface area contributed by atoms with Crippen molar-refractivity contribution in [1.29, 1.82) is 0 Å². The summed E-state index contributed by atoms with van der Waals surface area (Å²) in [6.07, 6.45) is 0.811. The van der Waals surface area contributed by atoms with E-state index in [1.165, 1.54) is 0 Å². The quantitative estimate of drug-likeness (QED) is 0.247. The first-order valence-electron chi connectivity index (χ1n) is 9.30. The molecule has 0 aliphatic carbocycles. The van der Waals surface area contributed by atoms with E-state index in [4.69, 9.17) is 9.47 Å². The summed E-state index contributed by atoms with van der Waals surface area (Å²) in [5, 5.41) is 0. The van der Waals surface area contributed by atoms with Crippen LogP contribution in [0.3, 0.4) is 0 Å². The Morgan fingerprint density at radius 3 is 1.97 bits per heavy atom. The standard InChI is InChI=1S/C25H22O4/c1-18(24(26)20-13-7-4-8-14-20)29-25(27)22(19-11-5-3-6-12-19)17-21-15-9-10-16-23(21)28-2/h3-18H,1-2H3/b22-17+. The SMILES string of the molecule is COc1ccccc1/C=C(/C(=O)OC(C)C(=O)c1ccccc1)c1ccccc1. The molecule has 0 aliphatic rings. The Balaban J connectivity index is 1.91. The van der Waals surface area contributed by atoms with Crippen molar-refractivity contribution in [3.8, 4) is 5.75 Å². The highest BCUT2D eigenvalue weighted by Gasteiger charge is 2.22. The molecule has 4 nitrogen and oxygen atoms in total. The van der Waals surface area contributed by atoms with Crippen LogP contribution in [0.25, 0.3) is 11.6 Å². The van der Waals surface area contributed by atoms with Gasteiger partial charge in [0.05, 0.1) is 12.7 Å². The van der Waals surface area contributed by atoms with E-state index >= 15 is 0 Å². The van der Waals surface area contributed by atoms with Crippen molar-refractivity contribution in [2.75, 3.05) is 7.11 Å². The molecule has 0 spiro atoms. The van der Waals surface area contributed by atoms with Crippen LogP contribution in [0.15, 0.2) is 84.9 Å². The maximum atomic E-state index is 13.0. The number of carbonyl (C=O) groups excluding carboxylic acids is 2. The molecule has 3 aromatic carbocycles. The average molecular weight is 386 g/mol. The molecular weight excluding hydrogens is 364 g/mol. The van der Waals surface area contributed by atoms with E-state index in [9.17, 15) is 9.59 Å². The number of methoxy groups -OCH3 is 1. The van der Waals surface area contributed by atoms with E-state index in [1.807, 2.05) is 60.7 Å². The second-order valence-electron chi connectivity index (χ2n) is 6.44. The number of benzene rings is 3. The molecular formula is C25H22O4. The lowest BCUT2D eigenvalue weighted by atomic mass is 10.0. The number of hydrogen-bond donors (Lipinski definition) is 0. The van der Waals surface area contributed by atoms with Crippen LogP contribution in [0.1, 0.15) is 28.4 Å². The van der Waals surface area contributed by atoms with Crippen molar-refractivity contribution in [1.82, 2.24) is 0 Å². The largest absolute Gasteiger partial charge is 0.496 e. The molecule has 0 heterocycles. The molecule has 0 saturated carbocycles. The molecule has 3 rings (SSSR count). The number of Topliss-reactive ketones (excluding diaryl/α,β-unsaturated/α-hetero) is 1. The molecule has 1 atom stereocenters. The van der Waals surface area contributed by atoms with Gasteiger partial charge in [-0.15, -0.1) is 0 Å². The highest BCUT2D eigenvalue weighted by molar-refractivity contribution is 6.22. The summed E-state index contributed by atoms with van der Waals surface area (Å²) in [6.45, 7) is 1.58. The van der Waals surface area contributed by atoms with Gasteiger partial charge in [0.2, 0.25) is 5.78 Å². The van der Waals surface area contributed by atoms with Crippen molar-refractivity contribution < 1.29 is 19.1 Å². The second-order valence-corrected chi connectivity index (χ2v) is 6.44. The highest BCUT2D eigenvalue weighted by atomic mass is 16.5. The number of carbonyl (C=O) groups is 2. The first kappa shape index (κ1) is 20.1. The fourth-order valence-electron chi connectivity index (χ4n) is 2.93. The third-order valence-electron chi connectivity index (χ3n) is 4.45. The lowest BCUT2D eigenvalue weighted by Crippen LogP contribution is -2.24. The number of ether oxygens (including phenoxy) is 2. The molecule has 146 valence electrons. The van der Waals surface area contributed by atoms with E-state index in [1.54, 1.807) is 44.4 Å². The molecule has 0 saturated heterocycles. The smallest absolute Gasteiger partial charge is 0.339 e. The maximum Gasteiger partial charge on any atom is 0.339 e. The molecule has 29 heavy (non-hydrogen) atoms. The van der Waals surface area contributed by atoms with Crippen LogP contribution in [0.4, 0.5) is 0 Å². The van der Waals surface area contributed by atoms with Crippen LogP contribution in [-0.2, 0) is 9.53 Å². The predicted octanol–water partition coefficient (Wildman–Crippen LogP) is 5.05. The van der Waals surface area contributed by atoms with Gasteiger partial charge in [-0.05, 0) is 24.6 Å². The molecule has 4 heteroatoms. The minimum absolute atomic E-state index is 0.247. The van der Waals surface area contributed by atoms with Crippen molar-refractivity contribution >= 4 is 23.4 Å². The van der Waals surface area contributed by atoms with Gasteiger partial charge >= 0.3 is 5.97 Å². The summed E-state index contributed by atoms with van der Waals surface area (Å²) in [5.41, 5.74) is 2.29. The zero-order valence-corrected chi connectivity index (χ0v) is 16.4. The molecule has 1 unspecified atom stereocenters. The minimum Gasteiger partial charge on any atom is -0.496 e. The molecule has 0 fully saturated rings. The summed E-state index contributed by atoms with van der Waals surface area (Å²) < 4.78 is 10.9. The number of hydrogen-bond acceptors (Lipinski definition) is 4. The number of esters is 1. The third-order valence-corrected chi connectivity index (χ3v) is 4.45. The van der Waals surface area contributed by atoms with Crippen molar-refractivity contribution in [2.45, 2.75) is 13.0 Å². The van der Waals surface area contributed by atoms with E-state index < -0.39 is 12.1 Å². The van der Waals surface area contributed by atoms with Crippen molar-refractivity contribution in [2.24, 2.45) is 0 Å². The Hall–Kier alpha value is -3.66. The van der Waals surface area contributed by atoms with Crippen LogP contribution in [0.2, 0.25) is 0 Å². The Morgan fingerprint density at radius 2 is 1.34 bits per heavy atom. The molecule has 3 aromatic rings. The summed E-state index contributed by atoms with van der Waals surface area (Å²) in [7, 11) is 1.58. The van der Waals surface area contributed by atoms with Gasteiger partial charge in [-0.1, -0.05) is 78.9 Å². The monoisotopic (exact) mass is 386 g/mol. The molecule has 0 N–H and O–H groups in total. The van der Waals surface area contributed by atoms with Crippen molar-refractivity contribution in [3.63, 3.8) is 0 Å². The maximum absolute atomic E-state index is 13.0. The summed E-state index contributed by atoms with van der Waals surface area (Å²) >= 11 is 0. The van der Waals surface area contributed by atoms with E-state index in [0.29, 0.717) is 22.4 Å². The van der Waals surface area contributed by atoms with Gasteiger partial charge in [0.15, 0.2) is 6.10 Å². The van der Waals surface area contributed by atoms with Gasteiger partial charge < -0.3 is 9.47 Å². The summed E-state index contributed by atoms with van der Waals surface area (Å²) in [5.74, 6) is -0.176. The first-order valence-corrected chi connectivity index (χ1v) is 9.30. The van der Waals surface area contributed by atoms with Gasteiger partial charge in [-0.3, -0.25) is 4.79 Å². The normalized spacial score (nSPS) is 12.1. The van der Waals surface area contributed by atoms with E-state index in [2.05, 4.69) is 0 Å². The van der Waals surface area contributed by atoms with Gasteiger partial charge in [0.1, 0.15) is 5.75 Å². The van der Waals surface area contributed by atoms with Gasteiger partial charge in [0, 0.05) is 11.1 Å². The van der Waals surface area contributed by atoms with Crippen LogP contribution in [0.5, 0.6) is 5.75 Å². The minimum atomic E-state index is -0.908. The average Bonchev–Trinajstić information content (AvgIpc) is 2.78. The lowest BCUT2D eigenvalue weighted by Gasteiger charge is -2.15.